The highest BCUT2D eigenvalue weighted by atomic mass is 32.2. The second-order valence-corrected chi connectivity index (χ2v) is 13.0. The van der Waals surface area contributed by atoms with Crippen LogP contribution < -0.4 is 5.32 Å². The molecule has 1 spiro atoms. The Hall–Kier alpha value is -4.42. The van der Waals surface area contributed by atoms with Gasteiger partial charge in [0, 0.05) is 42.0 Å². The van der Waals surface area contributed by atoms with Gasteiger partial charge >= 0.3 is 0 Å². The number of anilines is 1. The lowest BCUT2D eigenvalue weighted by atomic mass is 9.81. The van der Waals surface area contributed by atoms with Crippen molar-refractivity contribution in [3.8, 4) is 5.69 Å². The van der Waals surface area contributed by atoms with Crippen LogP contribution in [-0.4, -0.2) is 56.5 Å². The molecule has 10 nitrogen and oxygen atoms in total. The van der Waals surface area contributed by atoms with Crippen LogP contribution in [0.4, 0.5) is 10.1 Å². The number of piperidine rings is 1. The van der Waals surface area contributed by atoms with Crippen molar-refractivity contribution in [1.29, 1.82) is 0 Å². The van der Waals surface area contributed by atoms with Gasteiger partial charge in [0.1, 0.15) is 5.82 Å². The van der Waals surface area contributed by atoms with Gasteiger partial charge in [0.2, 0.25) is 10.9 Å². The number of halogens is 1. The van der Waals surface area contributed by atoms with Crippen LogP contribution in [0.5, 0.6) is 0 Å². The Kier molecular flexibility index (Phi) is 4.67. The standard InChI is InChI=1S/C29H24FN7O3S/c1-17-11-24-18(13-32-37(24)20-9-7-19(30)8-10-20)12-22(17)29-16-36(41(39,40)25-14-31-35(2)34-25)15-28(29)21-5-3-4-6-23(21)33-27(38)26(28)29/h3-14,26H,15-16H2,1-2H3,(H,33,38)/t26-,28+,29-/m0/s1. The number of rotatable bonds is 4. The minimum atomic E-state index is -3.97. The third kappa shape index (κ3) is 3.00. The first kappa shape index (κ1) is 24.4. The molecule has 3 aliphatic rings. The normalized spacial score (nSPS) is 25.0. The van der Waals surface area contributed by atoms with E-state index < -0.39 is 26.8 Å². The van der Waals surface area contributed by atoms with E-state index in [0.29, 0.717) is 5.69 Å². The SMILES string of the molecule is Cc1cc2c(cnn2-c2ccc(F)cc2)cc1[C@]12CN(S(=O)(=O)c3cnn(C)n3)C[C@]13c1ccccc1NC(=O)[C@H]23. The monoisotopic (exact) mass is 569 g/mol. The van der Waals surface area contributed by atoms with Gasteiger partial charge in [-0.1, -0.05) is 18.2 Å². The van der Waals surface area contributed by atoms with Crippen molar-refractivity contribution in [2.45, 2.75) is 22.8 Å². The molecule has 3 aromatic carbocycles. The van der Waals surface area contributed by atoms with Crippen LogP contribution in [0.3, 0.4) is 0 Å². The predicted octanol–water partition coefficient (Wildman–Crippen LogP) is 3.06. The zero-order chi connectivity index (χ0) is 28.3. The summed E-state index contributed by atoms with van der Waals surface area (Å²) in [5, 5.41) is 16.4. The molecule has 5 aromatic rings. The fourth-order valence-electron chi connectivity index (χ4n) is 7.47. The quantitative estimate of drug-likeness (QED) is 0.356. The van der Waals surface area contributed by atoms with Gasteiger partial charge in [-0.3, -0.25) is 4.79 Å². The lowest BCUT2D eigenvalue weighted by Crippen LogP contribution is -2.40. The topological polar surface area (TPSA) is 115 Å². The molecule has 206 valence electrons. The number of benzene rings is 3. The van der Waals surface area contributed by atoms with Gasteiger partial charge in [0.15, 0.2) is 0 Å². The zero-order valence-electron chi connectivity index (χ0n) is 22.1. The Bertz CT molecular complexity index is 2040. The van der Waals surface area contributed by atoms with Crippen LogP contribution in [-0.2, 0) is 32.7 Å². The summed E-state index contributed by atoms with van der Waals surface area (Å²) in [6.45, 7) is 2.25. The van der Waals surface area contributed by atoms with E-state index in [4.69, 9.17) is 0 Å². The Morgan fingerprint density at radius 1 is 0.976 bits per heavy atom. The summed E-state index contributed by atoms with van der Waals surface area (Å²) >= 11 is 0. The minimum absolute atomic E-state index is 0.109. The van der Waals surface area contributed by atoms with Crippen molar-refractivity contribution in [3.05, 3.63) is 95.6 Å². The fraction of sp³-hybridized carbons (Fsp3) is 0.241. The van der Waals surface area contributed by atoms with E-state index >= 15 is 0 Å². The fourth-order valence-corrected chi connectivity index (χ4v) is 8.88. The predicted molar refractivity (Wildman–Crippen MR) is 147 cm³/mol. The van der Waals surface area contributed by atoms with Crippen LogP contribution in [0, 0.1) is 18.7 Å². The minimum Gasteiger partial charge on any atom is -0.326 e. The number of hydrogen-bond donors (Lipinski definition) is 1. The Labute approximate surface area is 234 Å². The number of para-hydroxylation sites is 1. The maximum absolute atomic E-state index is 13.8. The molecule has 1 N–H and O–H groups in total. The average molecular weight is 570 g/mol. The summed E-state index contributed by atoms with van der Waals surface area (Å²) in [5.41, 5.74) is 3.48. The second-order valence-electron chi connectivity index (χ2n) is 11.1. The van der Waals surface area contributed by atoms with Crippen molar-refractivity contribution in [2.24, 2.45) is 13.0 Å². The van der Waals surface area contributed by atoms with Crippen molar-refractivity contribution >= 4 is 32.5 Å². The number of carbonyl (C=O) groups excluding carboxylic acids is 1. The van der Waals surface area contributed by atoms with Gasteiger partial charge in [0.25, 0.3) is 10.0 Å². The number of carbonyl (C=O) groups is 1. The summed E-state index contributed by atoms with van der Waals surface area (Å²) < 4.78 is 44.4. The third-order valence-corrected chi connectivity index (χ3v) is 10.8. The van der Waals surface area contributed by atoms with Gasteiger partial charge in [-0.05, 0) is 66.1 Å². The highest BCUT2D eigenvalue weighted by Gasteiger charge is 2.86. The summed E-state index contributed by atoms with van der Waals surface area (Å²) in [4.78, 5) is 14.9. The average Bonchev–Trinajstić information content (AvgIpc) is 3.37. The molecule has 1 saturated heterocycles. The molecule has 0 bridgehead atoms. The number of aromatic nitrogens is 5. The second kappa shape index (κ2) is 7.86. The van der Waals surface area contributed by atoms with Crippen LogP contribution in [0.15, 0.2) is 78.1 Å². The van der Waals surface area contributed by atoms with Crippen molar-refractivity contribution in [2.75, 3.05) is 18.4 Å². The summed E-state index contributed by atoms with van der Waals surface area (Å²) in [6, 6.07) is 17.8. The van der Waals surface area contributed by atoms with E-state index in [1.165, 1.54) is 27.4 Å². The van der Waals surface area contributed by atoms with Crippen LogP contribution in [0.1, 0.15) is 16.7 Å². The van der Waals surface area contributed by atoms with E-state index in [0.717, 1.165) is 33.3 Å². The molecule has 2 aromatic heterocycles. The van der Waals surface area contributed by atoms with Gasteiger partial charge < -0.3 is 5.32 Å². The largest absolute Gasteiger partial charge is 0.326 e. The molecule has 1 amide bonds. The van der Waals surface area contributed by atoms with Gasteiger partial charge in [-0.15, -0.1) is 5.10 Å². The number of hydrogen-bond acceptors (Lipinski definition) is 6. The van der Waals surface area contributed by atoms with E-state index in [1.807, 2.05) is 43.3 Å². The highest BCUT2D eigenvalue weighted by Crippen LogP contribution is 2.77. The Morgan fingerprint density at radius 3 is 2.44 bits per heavy atom. The van der Waals surface area contributed by atoms with Gasteiger partial charge in [-0.2, -0.15) is 19.3 Å². The number of amides is 1. The molecule has 12 heteroatoms. The number of nitrogens with one attached hydrogen (secondary N) is 1. The maximum atomic E-state index is 13.8. The van der Waals surface area contributed by atoms with Crippen LogP contribution >= 0.6 is 0 Å². The molecule has 2 aliphatic heterocycles. The van der Waals surface area contributed by atoms with Crippen LogP contribution in [0.2, 0.25) is 0 Å². The first-order valence-corrected chi connectivity index (χ1v) is 14.6. The van der Waals surface area contributed by atoms with Gasteiger partial charge in [-0.25, -0.2) is 17.5 Å². The first-order valence-electron chi connectivity index (χ1n) is 13.2. The lowest BCUT2D eigenvalue weighted by Gasteiger charge is -2.27. The van der Waals surface area contributed by atoms with Crippen LogP contribution in [0.25, 0.3) is 16.6 Å². The Morgan fingerprint density at radius 2 is 1.71 bits per heavy atom. The maximum Gasteiger partial charge on any atom is 0.264 e. The number of fused-ring (bicyclic) bond motifs is 3. The molecular formula is C29H24FN7O3S. The summed E-state index contributed by atoms with van der Waals surface area (Å²) in [6.07, 6.45) is 3.00. The molecular weight excluding hydrogens is 545 g/mol. The van der Waals surface area contributed by atoms with Crippen molar-refractivity contribution in [1.82, 2.24) is 29.1 Å². The Balaban J connectivity index is 1.32. The highest BCUT2D eigenvalue weighted by molar-refractivity contribution is 7.89. The first-order chi connectivity index (χ1) is 19.7. The zero-order valence-corrected chi connectivity index (χ0v) is 22.9. The molecule has 41 heavy (non-hydrogen) atoms. The van der Waals surface area contributed by atoms with E-state index in [-0.39, 0.29) is 29.8 Å². The molecule has 0 unspecified atom stereocenters. The van der Waals surface area contributed by atoms with Gasteiger partial charge in [0.05, 0.1) is 29.5 Å². The molecule has 1 saturated carbocycles. The number of nitrogens with zero attached hydrogens (tertiary/aromatic N) is 6. The molecule has 4 heterocycles. The molecule has 3 atom stereocenters. The molecule has 2 fully saturated rings. The van der Waals surface area contributed by atoms with E-state index in [2.05, 4.69) is 20.6 Å². The number of sulfonamides is 1. The van der Waals surface area contributed by atoms with Crippen molar-refractivity contribution < 1.29 is 17.6 Å². The summed E-state index contributed by atoms with van der Waals surface area (Å²) in [5.74, 6) is -0.881. The van der Waals surface area contributed by atoms with E-state index in [9.17, 15) is 17.6 Å². The molecule has 1 aliphatic carbocycles. The lowest BCUT2D eigenvalue weighted by molar-refractivity contribution is -0.118. The van der Waals surface area contributed by atoms with Crippen molar-refractivity contribution in [3.63, 3.8) is 0 Å². The summed E-state index contributed by atoms with van der Waals surface area (Å²) in [7, 11) is -2.40. The van der Waals surface area contributed by atoms with E-state index in [1.54, 1.807) is 30.1 Å². The molecule has 0 radical (unpaired) electrons. The number of aryl methyl sites for hydroxylation is 2. The smallest absolute Gasteiger partial charge is 0.264 e. The molecule has 8 rings (SSSR count). The third-order valence-electron chi connectivity index (χ3n) is 9.13.